The summed E-state index contributed by atoms with van der Waals surface area (Å²) < 4.78 is 25.0. The predicted molar refractivity (Wildman–Crippen MR) is 62.5 cm³/mol. The molecule has 1 heterocycles. The summed E-state index contributed by atoms with van der Waals surface area (Å²) in [4.78, 5) is 14.1. The smallest absolute Gasteiger partial charge is 0.394 e. The van der Waals surface area contributed by atoms with Gasteiger partial charge in [-0.2, -0.15) is 4.98 Å². The van der Waals surface area contributed by atoms with Crippen LogP contribution < -0.4 is 4.74 Å². The first kappa shape index (κ1) is 15.4. The van der Waals surface area contributed by atoms with Gasteiger partial charge in [0, 0.05) is 7.11 Å². The number of methoxy groups -OCH3 is 1. The Morgan fingerprint density at radius 3 is 2.42 bits per heavy atom. The molecule has 1 aromatic heterocycles. The van der Waals surface area contributed by atoms with Gasteiger partial charge < -0.3 is 28.5 Å². The number of hydrogen-bond donors (Lipinski definition) is 1. The Bertz CT molecular complexity index is 366. The van der Waals surface area contributed by atoms with Gasteiger partial charge in [0.25, 0.3) is 0 Å². The summed E-state index contributed by atoms with van der Waals surface area (Å²) in [5.74, 6) is -1.16. The molecule has 0 fully saturated rings. The van der Waals surface area contributed by atoms with Crippen LogP contribution in [0, 0.1) is 0 Å². The quantitative estimate of drug-likeness (QED) is 0.580. The topological polar surface area (TPSA) is 100 Å². The lowest BCUT2D eigenvalue weighted by Crippen LogP contribution is -2.12. The largest absolute Gasteiger partial charge is 0.476 e. The highest BCUT2D eigenvalue weighted by molar-refractivity contribution is 5.84. The Labute approximate surface area is 110 Å². The van der Waals surface area contributed by atoms with Crippen molar-refractivity contribution in [2.24, 2.45) is 0 Å². The lowest BCUT2D eigenvalue weighted by molar-refractivity contribution is 0.0157. The van der Waals surface area contributed by atoms with E-state index in [2.05, 4.69) is 4.98 Å². The molecular formula is C11H17NO7. The molecule has 0 aromatic carbocycles. The number of carboxylic acid groups (broad SMARTS) is 1. The van der Waals surface area contributed by atoms with Gasteiger partial charge in [0.1, 0.15) is 12.9 Å². The maximum absolute atomic E-state index is 10.5. The highest BCUT2D eigenvalue weighted by Gasteiger charge is 2.10. The van der Waals surface area contributed by atoms with E-state index < -0.39 is 5.97 Å². The first-order chi connectivity index (χ1) is 9.24. The van der Waals surface area contributed by atoms with Gasteiger partial charge in [0.2, 0.25) is 0 Å². The summed E-state index contributed by atoms with van der Waals surface area (Å²) >= 11 is 0. The van der Waals surface area contributed by atoms with Gasteiger partial charge in [-0.1, -0.05) is 0 Å². The maximum Gasteiger partial charge on any atom is 0.394 e. The van der Waals surface area contributed by atoms with Gasteiger partial charge in [-0.15, -0.1) is 0 Å². The van der Waals surface area contributed by atoms with Gasteiger partial charge in [-0.05, 0) is 0 Å². The average molecular weight is 275 g/mol. The number of oxazole rings is 1. The van der Waals surface area contributed by atoms with Crippen LogP contribution in [0.25, 0.3) is 0 Å². The summed E-state index contributed by atoms with van der Waals surface area (Å²) in [7, 11) is 1.61. The first-order valence-electron chi connectivity index (χ1n) is 5.70. The number of aromatic carboxylic acids is 1. The maximum atomic E-state index is 10.5. The molecule has 0 radical (unpaired) electrons. The van der Waals surface area contributed by atoms with Gasteiger partial charge >= 0.3 is 12.0 Å². The zero-order valence-corrected chi connectivity index (χ0v) is 10.7. The molecule has 0 amide bonds. The second-order valence-corrected chi connectivity index (χ2v) is 3.37. The Hall–Kier alpha value is -1.64. The van der Waals surface area contributed by atoms with Crippen molar-refractivity contribution in [3.05, 3.63) is 12.0 Å². The van der Waals surface area contributed by atoms with E-state index in [1.54, 1.807) is 7.11 Å². The number of rotatable bonds is 11. The number of aromatic nitrogens is 1. The summed E-state index contributed by atoms with van der Waals surface area (Å²) in [5.41, 5.74) is -0.192. The van der Waals surface area contributed by atoms with Crippen molar-refractivity contribution in [3.8, 4) is 6.08 Å². The molecule has 19 heavy (non-hydrogen) atoms. The van der Waals surface area contributed by atoms with Crippen LogP contribution >= 0.6 is 0 Å². The van der Waals surface area contributed by atoms with Gasteiger partial charge in [-0.25, -0.2) is 4.79 Å². The standard InChI is InChI=1S/C11H17NO7/c1-15-2-3-16-4-5-17-6-7-18-11-12-9(8-19-11)10(13)14/h8H,2-7H2,1H3,(H,13,14). The lowest BCUT2D eigenvalue weighted by Gasteiger charge is -2.05. The van der Waals surface area contributed by atoms with Crippen molar-refractivity contribution in [3.63, 3.8) is 0 Å². The number of carbonyl (C=O) groups is 1. The molecule has 0 aliphatic heterocycles. The van der Waals surface area contributed by atoms with Crippen molar-refractivity contribution >= 4 is 5.97 Å². The van der Waals surface area contributed by atoms with Crippen molar-refractivity contribution in [2.45, 2.75) is 0 Å². The number of carboxylic acids is 1. The van der Waals surface area contributed by atoms with E-state index in [1.165, 1.54) is 0 Å². The molecular weight excluding hydrogens is 258 g/mol. The fourth-order valence-corrected chi connectivity index (χ4v) is 1.07. The van der Waals surface area contributed by atoms with Crippen molar-refractivity contribution in [1.82, 2.24) is 4.98 Å². The van der Waals surface area contributed by atoms with Crippen LogP contribution in [-0.2, 0) is 14.2 Å². The third-order valence-corrected chi connectivity index (χ3v) is 1.96. The number of ether oxygens (including phenoxy) is 4. The third kappa shape index (κ3) is 6.75. The monoisotopic (exact) mass is 275 g/mol. The van der Waals surface area contributed by atoms with E-state index in [0.29, 0.717) is 33.0 Å². The summed E-state index contributed by atoms with van der Waals surface area (Å²) in [6.07, 6.45) is 0.930. The van der Waals surface area contributed by atoms with Crippen molar-refractivity contribution in [1.29, 1.82) is 0 Å². The highest BCUT2D eigenvalue weighted by Crippen LogP contribution is 2.09. The fraction of sp³-hybridized carbons (Fsp3) is 0.636. The van der Waals surface area contributed by atoms with E-state index in [4.69, 9.17) is 28.5 Å². The van der Waals surface area contributed by atoms with E-state index in [0.717, 1.165) is 6.26 Å². The van der Waals surface area contributed by atoms with Gasteiger partial charge in [0.05, 0.1) is 33.0 Å². The average Bonchev–Trinajstić information content (AvgIpc) is 2.86. The molecule has 0 bridgehead atoms. The van der Waals surface area contributed by atoms with E-state index in [9.17, 15) is 4.79 Å². The van der Waals surface area contributed by atoms with E-state index in [-0.39, 0.29) is 18.4 Å². The third-order valence-electron chi connectivity index (χ3n) is 1.96. The molecule has 0 saturated carbocycles. The second-order valence-electron chi connectivity index (χ2n) is 3.37. The van der Waals surface area contributed by atoms with Crippen LogP contribution in [0.2, 0.25) is 0 Å². The predicted octanol–water partition coefficient (Wildman–Crippen LogP) is 0.431. The zero-order chi connectivity index (χ0) is 13.9. The number of nitrogens with zero attached hydrogens (tertiary/aromatic N) is 1. The molecule has 0 aliphatic rings. The summed E-state index contributed by atoms with van der Waals surface area (Å²) in [6, 6.07) is 0. The Morgan fingerprint density at radius 1 is 1.21 bits per heavy atom. The van der Waals surface area contributed by atoms with Crippen molar-refractivity contribution < 1.29 is 33.3 Å². The molecule has 0 atom stereocenters. The zero-order valence-electron chi connectivity index (χ0n) is 10.7. The molecule has 1 N–H and O–H groups in total. The van der Waals surface area contributed by atoms with Crippen molar-refractivity contribution in [2.75, 3.05) is 46.8 Å². The molecule has 0 spiro atoms. The fourth-order valence-electron chi connectivity index (χ4n) is 1.07. The van der Waals surface area contributed by atoms with Gasteiger partial charge in [0.15, 0.2) is 5.69 Å². The van der Waals surface area contributed by atoms with Crippen LogP contribution in [0.4, 0.5) is 0 Å². The van der Waals surface area contributed by atoms with E-state index in [1.807, 2.05) is 0 Å². The van der Waals surface area contributed by atoms with Crippen LogP contribution in [0.1, 0.15) is 10.5 Å². The molecule has 1 rings (SSSR count). The first-order valence-corrected chi connectivity index (χ1v) is 5.70. The molecule has 1 aromatic rings. The summed E-state index contributed by atoms with van der Waals surface area (Å²) in [5, 5.41) is 8.60. The van der Waals surface area contributed by atoms with Gasteiger partial charge in [-0.3, -0.25) is 0 Å². The van der Waals surface area contributed by atoms with Crippen LogP contribution in [-0.4, -0.2) is 62.8 Å². The molecule has 0 saturated heterocycles. The Morgan fingerprint density at radius 2 is 1.84 bits per heavy atom. The van der Waals surface area contributed by atoms with Crippen LogP contribution in [0.3, 0.4) is 0 Å². The number of hydrogen-bond acceptors (Lipinski definition) is 7. The van der Waals surface area contributed by atoms with Crippen LogP contribution in [0.5, 0.6) is 6.08 Å². The highest BCUT2D eigenvalue weighted by atomic mass is 16.6. The SMILES string of the molecule is COCCOCCOCCOc1nc(C(=O)O)co1. The molecule has 108 valence electrons. The second kappa shape index (κ2) is 9.31. The molecule has 0 aliphatic carbocycles. The molecule has 8 nitrogen and oxygen atoms in total. The minimum absolute atomic E-state index is 0.0858. The molecule has 0 unspecified atom stereocenters. The lowest BCUT2D eigenvalue weighted by atomic mass is 10.5. The summed E-state index contributed by atoms with van der Waals surface area (Å²) in [6.45, 7) is 2.56. The molecule has 8 heteroatoms. The Balaban J connectivity index is 1.97. The van der Waals surface area contributed by atoms with Crippen LogP contribution in [0.15, 0.2) is 10.7 Å². The van der Waals surface area contributed by atoms with E-state index >= 15 is 0 Å². The minimum atomic E-state index is -1.16. The Kier molecular flexibility index (Phi) is 7.56. The normalized spacial score (nSPS) is 10.6. The minimum Gasteiger partial charge on any atom is -0.476 e.